The number of aliphatic hydroxyl groups is 3. The van der Waals surface area contributed by atoms with Crippen LogP contribution in [-0.4, -0.2) is 94.4 Å². The molecular formula is C32H33N3O13S. The number of aromatic amines is 1. The van der Waals surface area contributed by atoms with Gasteiger partial charge in [0.25, 0.3) is 5.56 Å². The SMILES string of the molecule is COc1c(-c2ccc3cc(NS(C)(=O)=O)ccc3c2)cc(-n2ccc(=O)[nH]c2=O)cc1C(C)(C)C(=O)O[C@@H]1O[C@H](C(=O)O)[C@@H](O)[C@H](O)[C@H]1O. The number of nitrogens with one attached hydrogen (secondary N) is 2. The molecular weight excluding hydrogens is 666 g/mol. The second-order valence-electron chi connectivity index (χ2n) is 12.0. The van der Waals surface area contributed by atoms with Gasteiger partial charge in [-0.05, 0) is 60.5 Å². The fourth-order valence-electron chi connectivity index (χ4n) is 5.47. The number of aliphatic hydroxyl groups excluding tert-OH is 3. The summed E-state index contributed by atoms with van der Waals surface area (Å²) in [6, 6.07) is 14.3. The van der Waals surface area contributed by atoms with Crippen LogP contribution in [0.4, 0.5) is 5.69 Å². The van der Waals surface area contributed by atoms with Gasteiger partial charge < -0.3 is 34.6 Å². The second-order valence-corrected chi connectivity index (χ2v) is 13.7. The first-order valence-corrected chi connectivity index (χ1v) is 16.5. The van der Waals surface area contributed by atoms with E-state index in [-0.39, 0.29) is 17.0 Å². The third kappa shape index (κ3) is 7.06. The Morgan fingerprint density at radius 2 is 1.63 bits per heavy atom. The number of methoxy groups -OCH3 is 1. The summed E-state index contributed by atoms with van der Waals surface area (Å²) in [6.07, 6.45) is -7.74. The highest BCUT2D eigenvalue weighted by Gasteiger charge is 2.50. The predicted molar refractivity (Wildman–Crippen MR) is 174 cm³/mol. The lowest BCUT2D eigenvalue weighted by atomic mass is 9.81. The summed E-state index contributed by atoms with van der Waals surface area (Å²) in [5, 5.41) is 41.5. The first-order valence-electron chi connectivity index (χ1n) is 14.6. The van der Waals surface area contributed by atoms with E-state index in [4.69, 9.17) is 14.2 Å². The lowest BCUT2D eigenvalue weighted by molar-refractivity contribution is -0.287. The first-order chi connectivity index (χ1) is 22.9. The quantitative estimate of drug-likeness (QED) is 0.130. The lowest BCUT2D eigenvalue weighted by Crippen LogP contribution is -2.61. The smallest absolute Gasteiger partial charge is 0.335 e. The van der Waals surface area contributed by atoms with E-state index < -0.39 is 69.3 Å². The molecule has 1 fully saturated rings. The minimum atomic E-state index is -3.52. The summed E-state index contributed by atoms with van der Waals surface area (Å²) in [6.45, 7) is 2.87. The highest BCUT2D eigenvalue weighted by Crippen LogP contribution is 2.43. The van der Waals surface area contributed by atoms with Crippen LogP contribution in [-0.2, 0) is 34.5 Å². The van der Waals surface area contributed by atoms with Crippen molar-refractivity contribution >= 4 is 38.4 Å². The minimum Gasteiger partial charge on any atom is -0.496 e. The van der Waals surface area contributed by atoms with Crippen LogP contribution in [0.5, 0.6) is 5.75 Å². The molecule has 0 aliphatic carbocycles. The van der Waals surface area contributed by atoms with Gasteiger partial charge in [-0.3, -0.25) is 23.9 Å². The Labute approximate surface area is 278 Å². The van der Waals surface area contributed by atoms with Gasteiger partial charge in [0.1, 0.15) is 24.1 Å². The van der Waals surface area contributed by atoms with Crippen molar-refractivity contribution in [3.63, 3.8) is 0 Å². The molecule has 6 N–H and O–H groups in total. The molecule has 49 heavy (non-hydrogen) atoms. The second kappa shape index (κ2) is 13.1. The van der Waals surface area contributed by atoms with Crippen LogP contribution in [0.1, 0.15) is 19.4 Å². The van der Waals surface area contributed by atoms with Gasteiger partial charge in [-0.25, -0.2) is 18.0 Å². The summed E-state index contributed by atoms with van der Waals surface area (Å²) in [5.41, 5.74) is -1.49. The van der Waals surface area contributed by atoms with Gasteiger partial charge in [-0.2, -0.15) is 0 Å². The van der Waals surface area contributed by atoms with Crippen molar-refractivity contribution < 1.29 is 52.6 Å². The molecule has 3 aromatic carbocycles. The van der Waals surface area contributed by atoms with Crippen LogP contribution >= 0.6 is 0 Å². The molecule has 5 rings (SSSR count). The maximum atomic E-state index is 13.8. The van der Waals surface area contributed by atoms with Gasteiger partial charge in [-0.1, -0.05) is 18.2 Å². The summed E-state index contributed by atoms with van der Waals surface area (Å²) in [4.78, 5) is 52.3. The maximum absolute atomic E-state index is 13.8. The molecule has 5 atom stereocenters. The predicted octanol–water partition coefficient (Wildman–Crippen LogP) is 0.439. The van der Waals surface area contributed by atoms with E-state index in [0.29, 0.717) is 27.6 Å². The number of anilines is 1. The van der Waals surface area contributed by atoms with Crippen molar-refractivity contribution in [2.45, 2.75) is 50.0 Å². The van der Waals surface area contributed by atoms with E-state index in [1.807, 2.05) is 0 Å². The standard InChI is InChI=1S/C32H33N3O13S/c1-32(2,30(42)48-29-25(39)23(37)24(38)27(47-29)28(40)41)21-14-19(35-10-9-22(36)33-31(35)43)13-20(26(21)46-3)17-6-5-16-12-18(34-49(4,44)45)8-7-15(16)11-17/h5-14,23-25,27,29,34,37-39H,1-4H3,(H,40,41)(H,33,36,43)/t23-,24-,25+,27-,29-/m0/s1. The van der Waals surface area contributed by atoms with Crippen molar-refractivity contribution in [2.24, 2.45) is 0 Å². The molecule has 1 aromatic heterocycles. The number of aliphatic carboxylic acids is 1. The Kier molecular flexibility index (Phi) is 9.42. The molecule has 0 saturated carbocycles. The van der Waals surface area contributed by atoms with Crippen molar-refractivity contribution in [2.75, 3.05) is 18.1 Å². The topological polar surface area (TPSA) is 244 Å². The Bertz CT molecular complexity index is 2180. The number of nitrogens with zero attached hydrogens (tertiary/aromatic N) is 1. The largest absolute Gasteiger partial charge is 0.496 e. The van der Waals surface area contributed by atoms with E-state index in [9.17, 15) is 48.0 Å². The molecule has 17 heteroatoms. The van der Waals surface area contributed by atoms with E-state index in [1.54, 1.807) is 42.5 Å². The average Bonchev–Trinajstić information content (AvgIpc) is 3.03. The average molecular weight is 700 g/mol. The number of carboxylic acids is 1. The molecule has 2 heterocycles. The third-order valence-corrected chi connectivity index (χ3v) is 8.66. The summed E-state index contributed by atoms with van der Waals surface area (Å²) < 4.78 is 43.4. The number of ether oxygens (including phenoxy) is 3. The summed E-state index contributed by atoms with van der Waals surface area (Å²) in [7, 11) is -2.17. The number of benzene rings is 3. The van der Waals surface area contributed by atoms with Gasteiger partial charge in [0.15, 0.2) is 6.10 Å². The Balaban J connectivity index is 1.64. The molecule has 0 radical (unpaired) electrons. The minimum absolute atomic E-state index is 0.152. The number of carbonyl (C=O) groups excluding carboxylic acids is 1. The zero-order valence-corrected chi connectivity index (χ0v) is 27.3. The monoisotopic (exact) mass is 699 g/mol. The molecule has 1 aliphatic rings. The van der Waals surface area contributed by atoms with Gasteiger partial charge in [-0.15, -0.1) is 0 Å². The number of sulfonamides is 1. The molecule has 4 aromatic rings. The number of esters is 1. The van der Waals surface area contributed by atoms with Crippen molar-refractivity contribution in [1.82, 2.24) is 9.55 Å². The number of fused-ring (bicyclic) bond motifs is 1. The van der Waals surface area contributed by atoms with Gasteiger partial charge in [0, 0.05) is 29.1 Å². The van der Waals surface area contributed by atoms with E-state index in [1.165, 1.54) is 33.2 Å². The molecule has 16 nitrogen and oxygen atoms in total. The highest BCUT2D eigenvalue weighted by atomic mass is 32.2. The number of hydrogen-bond donors (Lipinski definition) is 6. The van der Waals surface area contributed by atoms with Crippen LogP contribution in [0, 0.1) is 0 Å². The molecule has 0 spiro atoms. The van der Waals surface area contributed by atoms with E-state index in [0.717, 1.165) is 16.9 Å². The van der Waals surface area contributed by atoms with Crippen LogP contribution in [0.2, 0.25) is 0 Å². The van der Waals surface area contributed by atoms with E-state index in [2.05, 4.69) is 9.71 Å². The van der Waals surface area contributed by atoms with Crippen molar-refractivity contribution in [1.29, 1.82) is 0 Å². The number of hydrogen-bond acceptors (Lipinski definition) is 12. The van der Waals surface area contributed by atoms with Crippen molar-refractivity contribution in [3.05, 3.63) is 87.2 Å². The highest BCUT2D eigenvalue weighted by molar-refractivity contribution is 7.92. The Hall–Kier alpha value is -5.07. The number of H-pyrrole nitrogens is 1. The summed E-state index contributed by atoms with van der Waals surface area (Å²) in [5.74, 6) is -2.58. The number of carboxylic acid groups (broad SMARTS) is 1. The zero-order valence-electron chi connectivity index (χ0n) is 26.5. The summed E-state index contributed by atoms with van der Waals surface area (Å²) >= 11 is 0. The molecule has 0 unspecified atom stereocenters. The van der Waals surface area contributed by atoms with Crippen LogP contribution in [0.25, 0.3) is 27.6 Å². The normalized spacial score (nSPS) is 21.2. The van der Waals surface area contributed by atoms with E-state index >= 15 is 0 Å². The van der Waals surface area contributed by atoms with Crippen LogP contribution in [0.3, 0.4) is 0 Å². The van der Waals surface area contributed by atoms with Gasteiger partial charge in [0.2, 0.25) is 16.3 Å². The molecule has 260 valence electrons. The van der Waals surface area contributed by atoms with Gasteiger partial charge in [0.05, 0.1) is 24.5 Å². The fourth-order valence-corrected chi connectivity index (χ4v) is 6.03. The Morgan fingerprint density at radius 1 is 0.959 bits per heavy atom. The maximum Gasteiger partial charge on any atom is 0.335 e. The van der Waals surface area contributed by atoms with Crippen LogP contribution in [0.15, 0.2) is 70.4 Å². The van der Waals surface area contributed by atoms with Crippen molar-refractivity contribution in [3.8, 4) is 22.6 Å². The molecule has 0 amide bonds. The molecule has 1 aliphatic heterocycles. The first kappa shape index (κ1) is 35.2. The fraction of sp³-hybridized carbons (Fsp3) is 0.312. The molecule has 1 saturated heterocycles. The third-order valence-electron chi connectivity index (χ3n) is 8.05. The lowest BCUT2D eigenvalue weighted by Gasteiger charge is -2.39. The Morgan fingerprint density at radius 3 is 2.27 bits per heavy atom. The molecule has 0 bridgehead atoms. The number of aromatic nitrogens is 2. The number of carbonyl (C=O) groups is 2. The van der Waals surface area contributed by atoms with Crippen LogP contribution < -0.4 is 20.7 Å². The van der Waals surface area contributed by atoms with Gasteiger partial charge >= 0.3 is 17.6 Å². The number of rotatable bonds is 9. The zero-order chi connectivity index (χ0) is 36.0.